The summed E-state index contributed by atoms with van der Waals surface area (Å²) >= 11 is 1.77. The Kier molecular flexibility index (Phi) is 3.40. The fraction of sp³-hybridized carbons (Fsp3) is 0.875. The highest BCUT2D eigenvalue weighted by molar-refractivity contribution is 7.99. The van der Waals surface area contributed by atoms with E-state index in [4.69, 9.17) is 5.73 Å². The van der Waals surface area contributed by atoms with Crippen molar-refractivity contribution < 1.29 is 4.79 Å². The number of carbonyl (C=O) groups excluding carboxylic acids is 1. The lowest BCUT2D eigenvalue weighted by molar-refractivity contribution is -0.133. The number of hydrogen-bond donors (Lipinski definition) is 1. The molecule has 4 heteroatoms. The molecule has 0 spiro atoms. The van der Waals surface area contributed by atoms with Crippen LogP contribution in [0, 0.1) is 5.92 Å². The van der Waals surface area contributed by atoms with Gasteiger partial charge in [0, 0.05) is 31.1 Å². The average molecular weight is 188 g/mol. The van der Waals surface area contributed by atoms with Gasteiger partial charge >= 0.3 is 0 Å². The average Bonchev–Trinajstić information content (AvgIpc) is 2.48. The lowest BCUT2D eigenvalue weighted by Gasteiger charge is -2.21. The van der Waals surface area contributed by atoms with Crippen LogP contribution in [0.25, 0.3) is 0 Å². The first-order valence-electron chi connectivity index (χ1n) is 4.25. The van der Waals surface area contributed by atoms with E-state index in [2.05, 4.69) is 0 Å². The first kappa shape index (κ1) is 9.86. The zero-order valence-corrected chi connectivity index (χ0v) is 8.43. The largest absolute Gasteiger partial charge is 0.346 e. The Bertz CT molecular complexity index is 174. The molecule has 1 heterocycles. The van der Waals surface area contributed by atoms with E-state index in [-0.39, 0.29) is 17.9 Å². The van der Waals surface area contributed by atoms with Crippen LogP contribution in [0.4, 0.5) is 0 Å². The summed E-state index contributed by atoms with van der Waals surface area (Å²) in [4.78, 5) is 13.4. The van der Waals surface area contributed by atoms with Crippen LogP contribution in [0.15, 0.2) is 0 Å². The lowest BCUT2D eigenvalue weighted by Crippen LogP contribution is -2.41. The third-order valence-electron chi connectivity index (χ3n) is 2.29. The smallest absolute Gasteiger partial charge is 0.227 e. The van der Waals surface area contributed by atoms with E-state index in [1.165, 1.54) is 0 Å². The van der Waals surface area contributed by atoms with Crippen LogP contribution >= 0.6 is 11.8 Å². The molecule has 0 aliphatic carbocycles. The van der Waals surface area contributed by atoms with Crippen molar-refractivity contribution in [2.24, 2.45) is 11.7 Å². The zero-order valence-electron chi connectivity index (χ0n) is 7.62. The summed E-state index contributed by atoms with van der Waals surface area (Å²) in [6.07, 6.45) is 0. The number of carbonyl (C=O) groups is 1. The first-order chi connectivity index (χ1) is 5.66. The number of nitrogens with two attached hydrogens (primary N) is 1. The summed E-state index contributed by atoms with van der Waals surface area (Å²) in [6.45, 7) is 2.75. The van der Waals surface area contributed by atoms with E-state index in [0.717, 1.165) is 18.1 Å². The van der Waals surface area contributed by atoms with Crippen molar-refractivity contribution in [3.63, 3.8) is 0 Å². The zero-order chi connectivity index (χ0) is 9.14. The van der Waals surface area contributed by atoms with Gasteiger partial charge in [-0.05, 0) is 6.92 Å². The molecule has 12 heavy (non-hydrogen) atoms. The second-order valence-corrected chi connectivity index (χ2v) is 4.24. The van der Waals surface area contributed by atoms with Crippen molar-refractivity contribution in [2.45, 2.75) is 13.0 Å². The van der Waals surface area contributed by atoms with Gasteiger partial charge in [0.2, 0.25) is 5.91 Å². The van der Waals surface area contributed by atoms with Gasteiger partial charge in [0.25, 0.3) is 0 Å². The normalized spacial score (nSPS) is 28.9. The van der Waals surface area contributed by atoms with Gasteiger partial charge in [0.1, 0.15) is 0 Å². The predicted octanol–water partition coefficient (Wildman–Crippen LogP) is 0.155. The fourth-order valence-electron chi connectivity index (χ4n) is 1.26. The molecule has 2 atom stereocenters. The molecule has 0 aromatic heterocycles. The van der Waals surface area contributed by atoms with Crippen LogP contribution in [-0.2, 0) is 4.79 Å². The van der Waals surface area contributed by atoms with Gasteiger partial charge < -0.3 is 10.6 Å². The van der Waals surface area contributed by atoms with Crippen molar-refractivity contribution in [1.82, 2.24) is 4.90 Å². The minimum absolute atomic E-state index is 0.0555. The third kappa shape index (κ3) is 1.93. The number of hydrogen-bond acceptors (Lipinski definition) is 3. The number of rotatable bonds is 2. The Morgan fingerprint density at radius 3 is 2.75 bits per heavy atom. The van der Waals surface area contributed by atoms with E-state index in [1.54, 1.807) is 16.7 Å². The van der Waals surface area contributed by atoms with Crippen LogP contribution in [0.2, 0.25) is 0 Å². The second-order valence-electron chi connectivity index (χ2n) is 3.16. The molecule has 0 aromatic carbocycles. The summed E-state index contributed by atoms with van der Waals surface area (Å²) in [5, 5.41) is 0. The minimum Gasteiger partial charge on any atom is -0.346 e. The number of amides is 1. The Morgan fingerprint density at radius 2 is 2.33 bits per heavy atom. The molecule has 2 unspecified atom stereocenters. The Morgan fingerprint density at radius 1 is 1.67 bits per heavy atom. The molecule has 1 amide bonds. The predicted molar refractivity (Wildman–Crippen MR) is 52.1 cm³/mol. The van der Waals surface area contributed by atoms with E-state index >= 15 is 0 Å². The van der Waals surface area contributed by atoms with Gasteiger partial charge in [0.15, 0.2) is 0 Å². The highest BCUT2D eigenvalue weighted by atomic mass is 32.2. The highest BCUT2D eigenvalue weighted by Gasteiger charge is 2.32. The van der Waals surface area contributed by atoms with Gasteiger partial charge in [-0.15, -0.1) is 0 Å². The van der Waals surface area contributed by atoms with Crippen LogP contribution in [0.1, 0.15) is 6.92 Å². The van der Waals surface area contributed by atoms with Gasteiger partial charge in [-0.1, -0.05) is 0 Å². The molecular formula is C8H16N2OS. The highest BCUT2D eigenvalue weighted by Crippen LogP contribution is 2.23. The maximum atomic E-state index is 11.6. The molecule has 1 aliphatic rings. The van der Waals surface area contributed by atoms with Crippen LogP contribution < -0.4 is 5.73 Å². The Hall–Kier alpha value is -0.220. The maximum absolute atomic E-state index is 11.6. The van der Waals surface area contributed by atoms with Crippen LogP contribution in [-0.4, -0.2) is 41.9 Å². The van der Waals surface area contributed by atoms with Crippen molar-refractivity contribution in [1.29, 1.82) is 0 Å². The molecule has 70 valence electrons. The topological polar surface area (TPSA) is 46.3 Å². The number of nitrogens with zero attached hydrogens (tertiary/aromatic N) is 1. The van der Waals surface area contributed by atoms with Crippen LogP contribution in [0.3, 0.4) is 0 Å². The molecule has 0 bridgehead atoms. The van der Waals surface area contributed by atoms with E-state index in [9.17, 15) is 4.79 Å². The molecule has 1 saturated heterocycles. The minimum atomic E-state index is 0.0555. The monoisotopic (exact) mass is 188 g/mol. The SMILES string of the molecule is CCN(C)C(=O)C1CSCC1N. The lowest BCUT2D eigenvalue weighted by atomic mass is 10.0. The standard InChI is InChI=1S/C8H16N2OS/c1-3-10(2)8(11)6-4-12-5-7(6)9/h6-7H,3-5,9H2,1-2H3. The van der Waals surface area contributed by atoms with Gasteiger partial charge in [-0.2, -0.15) is 11.8 Å². The van der Waals surface area contributed by atoms with Crippen molar-refractivity contribution in [2.75, 3.05) is 25.1 Å². The molecule has 0 aromatic rings. The third-order valence-corrected chi connectivity index (χ3v) is 3.51. The molecule has 0 saturated carbocycles. The maximum Gasteiger partial charge on any atom is 0.227 e. The summed E-state index contributed by atoms with van der Waals surface area (Å²) < 4.78 is 0. The van der Waals surface area contributed by atoms with Crippen molar-refractivity contribution >= 4 is 17.7 Å². The fourth-order valence-corrected chi connectivity index (χ4v) is 2.55. The molecule has 3 nitrogen and oxygen atoms in total. The molecule has 2 N–H and O–H groups in total. The summed E-state index contributed by atoms with van der Waals surface area (Å²) in [6, 6.07) is 0.0662. The summed E-state index contributed by atoms with van der Waals surface area (Å²) in [7, 11) is 1.83. The van der Waals surface area contributed by atoms with Gasteiger partial charge in [0.05, 0.1) is 5.92 Å². The number of thioether (sulfide) groups is 1. The molecule has 0 radical (unpaired) electrons. The van der Waals surface area contributed by atoms with Gasteiger partial charge in [-0.25, -0.2) is 0 Å². The second kappa shape index (κ2) is 4.14. The molecule has 1 rings (SSSR count). The first-order valence-corrected chi connectivity index (χ1v) is 5.40. The Balaban J connectivity index is 2.51. The summed E-state index contributed by atoms with van der Waals surface area (Å²) in [5.41, 5.74) is 5.80. The van der Waals surface area contributed by atoms with E-state index in [0.29, 0.717) is 0 Å². The molecule has 1 aliphatic heterocycles. The summed E-state index contributed by atoms with van der Waals surface area (Å²) in [5.74, 6) is 2.08. The molecule has 1 fully saturated rings. The van der Waals surface area contributed by atoms with Crippen molar-refractivity contribution in [3.05, 3.63) is 0 Å². The Labute approximate surface area is 77.7 Å². The van der Waals surface area contributed by atoms with Crippen molar-refractivity contribution in [3.8, 4) is 0 Å². The van der Waals surface area contributed by atoms with Crippen LogP contribution in [0.5, 0.6) is 0 Å². The quantitative estimate of drug-likeness (QED) is 0.671. The van der Waals surface area contributed by atoms with E-state index in [1.807, 2.05) is 14.0 Å². The van der Waals surface area contributed by atoms with E-state index < -0.39 is 0 Å². The van der Waals surface area contributed by atoms with Gasteiger partial charge in [-0.3, -0.25) is 4.79 Å². The molecular weight excluding hydrogens is 172 g/mol.